The number of halogens is 2. The maximum atomic E-state index is 12.1. The first kappa shape index (κ1) is 14.7. The van der Waals surface area contributed by atoms with Gasteiger partial charge in [0.25, 0.3) is 0 Å². The molecule has 21 heavy (non-hydrogen) atoms. The van der Waals surface area contributed by atoms with E-state index in [1.807, 2.05) is 12.1 Å². The molecule has 1 saturated carbocycles. The van der Waals surface area contributed by atoms with Crippen molar-refractivity contribution in [2.45, 2.75) is 38.5 Å². The molecule has 0 bridgehead atoms. The van der Waals surface area contributed by atoms with Gasteiger partial charge in [-0.1, -0.05) is 12.1 Å². The van der Waals surface area contributed by atoms with Crippen molar-refractivity contribution in [3.63, 3.8) is 0 Å². The van der Waals surface area contributed by atoms with E-state index in [9.17, 15) is 8.78 Å². The van der Waals surface area contributed by atoms with Crippen LogP contribution >= 0.6 is 0 Å². The zero-order valence-electron chi connectivity index (χ0n) is 12.1. The Hall–Kier alpha value is -1.20. The smallest absolute Gasteiger partial charge is 0.387 e. The summed E-state index contributed by atoms with van der Waals surface area (Å²) in [4.78, 5) is 2.61. The molecule has 1 aromatic carbocycles. The molecule has 0 radical (unpaired) electrons. The fraction of sp³-hybridized carbons (Fsp3) is 0.625. The maximum Gasteiger partial charge on any atom is 0.387 e. The summed E-state index contributed by atoms with van der Waals surface area (Å²) in [6.45, 7) is 1.51. The normalized spacial score (nSPS) is 22.9. The Morgan fingerprint density at radius 2 is 1.95 bits per heavy atom. The van der Waals surface area contributed by atoms with Crippen LogP contribution in [0.1, 0.15) is 24.8 Å². The Bertz CT molecular complexity index is 448. The van der Waals surface area contributed by atoms with Gasteiger partial charge < -0.3 is 15.0 Å². The molecule has 2 aliphatic rings. The third-order valence-corrected chi connectivity index (χ3v) is 4.29. The Labute approximate surface area is 124 Å². The Morgan fingerprint density at radius 1 is 1.19 bits per heavy atom. The van der Waals surface area contributed by atoms with E-state index in [1.165, 1.54) is 32.4 Å². The molecule has 1 aliphatic carbocycles. The molecule has 1 aliphatic heterocycles. The average molecular weight is 296 g/mol. The molecule has 2 fully saturated rings. The number of ether oxygens (including phenoxy) is 1. The molecule has 0 aromatic heterocycles. The van der Waals surface area contributed by atoms with Gasteiger partial charge in [-0.15, -0.1) is 0 Å². The Balaban J connectivity index is 1.37. The van der Waals surface area contributed by atoms with E-state index in [2.05, 4.69) is 15.0 Å². The second-order valence-electron chi connectivity index (χ2n) is 6.03. The van der Waals surface area contributed by atoms with E-state index >= 15 is 0 Å². The van der Waals surface area contributed by atoms with E-state index in [0.717, 1.165) is 30.6 Å². The third-order valence-electron chi connectivity index (χ3n) is 4.29. The summed E-state index contributed by atoms with van der Waals surface area (Å²) in [6, 6.07) is 7.71. The van der Waals surface area contributed by atoms with Crippen LogP contribution in [0.5, 0.6) is 5.75 Å². The number of hydrogen-bond donors (Lipinski definition) is 1. The minimum absolute atomic E-state index is 0.213. The van der Waals surface area contributed by atoms with Gasteiger partial charge in [0, 0.05) is 19.1 Å². The van der Waals surface area contributed by atoms with Gasteiger partial charge in [0.05, 0.1) is 0 Å². The number of likely N-dealkylation sites (tertiary alicyclic amines) is 1. The van der Waals surface area contributed by atoms with Gasteiger partial charge in [-0.05, 0) is 56.0 Å². The van der Waals surface area contributed by atoms with Crippen molar-refractivity contribution >= 4 is 0 Å². The van der Waals surface area contributed by atoms with Gasteiger partial charge in [-0.25, -0.2) is 0 Å². The molecule has 1 atom stereocenters. The molecule has 3 rings (SSSR count). The number of nitrogens with one attached hydrogen (secondary N) is 1. The second kappa shape index (κ2) is 6.71. The Morgan fingerprint density at radius 3 is 2.62 bits per heavy atom. The van der Waals surface area contributed by atoms with E-state index < -0.39 is 6.61 Å². The maximum absolute atomic E-state index is 12.1. The van der Waals surface area contributed by atoms with Crippen molar-refractivity contribution in [1.82, 2.24) is 10.2 Å². The van der Waals surface area contributed by atoms with Gasteiger partial charge in [-0.3, -0.25) is 0 Å². The lowest BCUT2D eigenvalue weighted by Crippen LogP contribution is -2.27. The highest BCUT2D eigenvalue weighted by atomic mass is 19.3. The second-order valence-corrected chi connectivity index (χ2v) is 6.03. The summed E-state index contributed by atoms with van der Waals surface area (Å²) in [6.07, 6.45) is 4.05. The van der Waals surface area contributed by atoms with Crippen LogP contribution in [0, 0.1) is 5.92 Å². The molecule has 1 N–H and O–H groups in total. The molecule has 1 heterocycles. The monoisotopic (exact) mass is 296 g/mol. The number of alkyl halides is 2. The van der Waals surface area contributed by atoms with Crippen molar-refractivity contribution in [2.24, 2.45) is 5.92 Å². The van der Waals surface area contributed by atoms with E-state index in [-0.39, 0.29) is 5.75 Å². The lowest BCUT2D eigenvalue weighted by atomic mass is 10.1. The summed E-state index contributed by atoms with van der Waals surface area (Å²) < 4.78 is 28.4. The third kappa shape index (κ3) is 4.38. The van der Waals surface area contributed by atoms with Gasteiger partial charge in [0.1, 0.15) is 5.75 Å². The Kier molecular flexibility index (Phi) is 4.70. The molecule has 5 heteroatoms. The first-order chi connectivity index (χ1) is 10.2. The fourth-order valence-electron chi connectivity index (χ4n) is 3.01. The van der Waals surface area contributed by atoms with Crippen LogP contribution in [0.4, 0.5) is 8.78 Å². The van der Waals surface area contributed by atoms with Crippen molar-refractivity contribution in [1.29, 1.82) is 0 Å². The van der Waals surface area contributed by atoms with Crippen LogP contribution in [0.25, 0.3) is 0 Å². The van der Waals surface area contributed by atoms with Crippen LogP contribution in [0.2, 0.25) is 0 Å². The van der Waals surface area contributed by atoms with Crippen LogP contribution in [0.15, 0.2) is 24.3 Å². The van der Waals surface area contributed by atoms with Gasteiger partial charge in [0.15, 0.2) is 0 Å². The minimum atomic E-state index is -2.76. The SMILES string of the molecule is FC(F)Oc1ccc(CNCC2CCN(C3CC3)C2)cc1. The van der Waals surface area contributed by atoms with Gasteiger partial charge >= 0.3 is 6.61 Å². The van der Waals surface area contributed by atoms with Crippen LogP contribution in [-0.4, -0.2) is 37.2 Å². The largest absolute Gasteiger partial charge is 0.435 e. The van der Waals surface area contributed by atoms with E-state index in [0.29, 0.717) is 0 Å². The molecule has 0 spiro atoms. The molecule has 1 saturated heterocycles. The molecule has 116 valence electrons. The highest BCUT2D eigenvalue weighted by Crippen LogP contribution is 2.31. The first-order valence-electron chi connectivity index (χ1n) is 7.69. The predicted molar refractivity (Wildman–Crippen MR) is 77.5 cm³/mol. The lowest BCUT2D eigenvalue weighted by molar-refractivity contribution is -0.0498. The molecular weight excluding hydrogens is 274 g/mol. The minimum Gasteiger partial charge on any atom is -0.435 e. The zero-order chi connectivity index (χ0) is 14.7. The highest BCUT2D eigenvalue weighted by molar-refractivity contribution is 5.27. The molecular formula is C16H22F2N2O. The van der Waals surface area contributed by atoms with Crippen LogP contribution in [-0.2, 0) is 6.54 Å². The predicted octanol–water partition coefficient (Wildman–Crippen LogP) is 2.86. The fourth-order valence-corrected chi connectivity index (χ4v) is 3.01. The summed E-state index contributed by atoms with van der Waals surface area (Å²) in [7, 11) is 0. The summed E-state index contributed by atoms with van der Waals surface area (Å²) >= 11 is 0. The quantitative estimate of drug-likeness (QED) is 0.837. The standard InChI is InChI=1S/C16H22F2N2O/c17-16(18)21-15-5-1-12(2-6-15)9-19-10-13-7-8-20(11-13)14-3-4-14/h1-2,5-6,13-14,16,19H,3-4,7-11H2. The van der Waals surface area contributed by atoms with Crippen molar-refractivity contribution in [3.05, 3.63) is 29.8 Å². The summed E-state index contributed by atoms with van der Waals surface area (Å²) in [5, 5.41) is 3.47. The molecule has 1 aromatic rings. The summed E-state index contributed by atoms with van der Waals surface area (Å²) in [5.74, 6) is 0.955. The number of benzene rings is 1. The van der Waals surface area contributed by atoms with Crippen LogP contribution in [0.3, 0.4) is 0 Å². The van der Waals surface area contributed by atoms with Crippen LogP contribution < -0.4 is 10.1 Å². The van der Waals surface area contributed by atoms with Crippen molar-refractivity contribution in [3.8, 4) is 5.75 Å². The topological polar surface area (TPSA) is 24.5 Å². The average Bonchev–Trinajstić information content (AvgIpc) is 3.20. The number of nitrogens with zero attached hydrogens (tertiary/aromatic N) is 1. The van der Waals surface area contributed by atoms with Gasteiger partial charge in [0.2, 0.25) is 0 Å². The number of hydrogen-bond acceptors (Lipinski definition) is 3. The van der Waals surface area contributed by atoms with Crippen molar-refractivity contribution < 1.29 is 13.5 Å². The van der Waals surface area contributed by atoms with Crippen molar-refractivity contribution in [2.75, 3.05) is 19.6 Å². The van der Waals surface area contributed by atoms with Gasteiger partial charge in [-0.2, -0.15) is 8.78 Å². The summed E-state index contributed by atoms with van der Waals surface area (Å²) in [5.41, 5.74) is 1.09. The highest BCUT2D eigenvalue weighted by Gasteiger charge is 2.33. The molecule has 1 unspecified atom stereocenters. The molecule has 0 amide bonds. The first-order valence-corrected chi connectivity index (χ1v) is 7.69. The molecule has 3 nitrogen and oxygen atoms in total. The lowest BCUT2D eigenvalue weighted by Gasteiger charge is -2.15. The van der Waals surface area contributed by atoms with E-state index in [4.69, 9.17) is 0 Å². The zero-order valence-corrected chi connectivity index (χ0v) is 12.1. The van der Waals surface area contributed by atoms with E-state index in [1.54, 1.807) is 12.1 Å². The number of rotatable bonds is 7.